The van der Waals surface area contributed by atoms with Gasteiger partial charge in [0.2, 0.25) is 17.7 Å². The van der Waals surface area contributed by atoms with Gasteiger partial charge in [-0.05, 0) is 31.4 Å². The molecule has 0 bridgehead atoms. The van der Waals surface area contributed by atoms with E-state index >= 15 is 0 Å². The number of para-hydroxylation sites is 1. The van der Waals surface area contributed by atoms with Crippen LogP contribution in [0.2, 0.25) is 0 Å². The van der Waals surface area contributed by atoms with E-state index in [1.54, 1.807) is 0 Å². The quantitative estimate of drug-likeness (QED) is 0.443. The van der Waals surface area contributed by atoms with Gasteiger partial charge in [-0.15, -0.1) is 0 Å². The number of ether oxygens (including phenoxy) is 1. The molecule has 9 heteroatoms. The summed E-state index contributed by atoms with van der Waals surface area (Å²) in [7, 11) is 1.52. The number of carbonyl (C=O) groups excluding carboxylic acids is 3. The first kappa shape index (κ1) is 31.8. The van der Waals surface area contributed by atoms with Gasteiger partial charge in [0.15, 0.2) is 0 Å². The summed E-state index contributed by atoms with van der Waals surface area (Å²) < 4.78 is 6.02. The summed E-state index contributed by atoms with van der Waals surface area (Å²) >= 11 is 0. The van der Waals surface area contributed by atoms with E-state index in [9.17, 15) is 19.5 Å². The topological polar surface area (TPSA) is 120 Å². The monoisotopic (exact) mass is 564 g/mol. The van der Waals surface area contributed by atoms with Gasteiger partial charge in [-0.25, -0.2) is 0 Å². The van der Waals surface area contributed by atoms with Crippen molar-refractivity contribution in [2.75, 3.05) is 26.7 Å². The van der Waals surface area contributed by atoms with Gasteiger partial charge < -0.3 is 30.7 Å². The smallest absolute Gasteiger partial charge is 0.246 e. The van der Waals surface area contributed by atoms with Crippen molar-refractivity contribution in [1.82, 2.24) is 20.9 Å². The highest BCUT2D eigenvalue weighted by Gasteiger charge is 2.42. The fourth-order valence-corrected chi connectivity index (χ4v) is 4.99. The molecule has 1 aliphatic rings. The fourth-order valence-electron chi connectivity index (χ4n) is 4.99. The highest BCUT2D eigenvalue weighted by atomic mass is 16.5. The zero-order valence-electron chi connectivity index (χ0n) is 24.7. The van der Waals surface area contributed by atoms with E-state index in [0.29, 0.717) is 18.9 Å². The number of rotatable bonds is 5. The van der Waals surface area contributed by atoms with Gasteiger partial charge in [-0.2, -0.15) is 0 Å². The van der Waals surface area contributed by atoms with Crippen LogP contribution in [-0.4, -0.2) is 78.2 Å². The molecule has 1 heterocycles. The maximum atomic E-state index is 13.8. The minimum absolute atomic E-state index is 0.0483. The van der Waals surface area contributed by atoms with Gasteiger partial charge in [-0.3, -0.25) is 14.4 Å². The zero-order chi connectivity index (χ0) is 30.0. The number of carbonyl (C=O) groups is 3. The first-order chi connectivity index (χ1) is 19.5. The summed E-state index contributed by atoms with van der Waals surface area (Å²) in [5, 5.41) is 20.1. The number of aliphatic hydroxyl groups is 1. The SMILES string of the molecule is CCC(C)[C@@H]1NCCOc2ccccc2C=CCNC(=O)[C@@H](Cc2ccccc2)NC(=O)[C@H](C(C)(C)O)N(C)C1=O. The lowest BCUT2D eigenvalue weighted by atomic mass is 9.92. The van der Waals surface area contributed by atoms with Gasteiger partial charge in [0, 0.05) is 32.1 Å². The molecule has 9 nitrogen and oxygen atoms in total. The largest absolute Gasteiger partial charge is 0.492 e. The average Bonchev–Trinajstić information content (AvgIpc) is 2.94. The van der Waals surface area contributed by atoms with Crippen LogP contribution in [0.25, 0.3) is 6.08 Å². The summed E-state index contributed by atoms with van der Waals surface area (Å²) in [6.07, 6.45) is 4.67. The molecule has 2 aromatic rings. The molecule has 1 aliphatic heterocycles. The summed E-state index contributed by atoms with van der Waals surface area (Å²) in [5.41, 5.74) is 0.139. The molecule has 1 unspecified atom stereocenters. The highest BCUT2D eigenvalue weighted by molar-refractivity contribution is 5.94. The lowest BCUT2D eigenvalue weighted by Crippen LogP contribution is -2.63. The van der Waals surface area contributed by atoms with Crippen LogP contribution in [-0.2, 0) is 20.8 Å². The van der Waals surface area contributed by atoms with Gasteiger partial charge in [0.1, 0.15) is 24.4 Å². The van der Waals surface area contributed by atoms with Gasteiger partial charge >= 0.3 is 0 Å². The highest BCUT2D eigenvalue weighted by Crippen LogP contribution is 2.21. The lowest BCUT2D eigenvalue weighted by Gasteiger charge is -2.39. The predicted octanol–water partition coefficient (Wildman–Crippen LogP) is 2.54. The molecular formula is C32H44N4O5. The third kappa shape index (κ3) is 8.90. The predicted molar refractivity (Wildman–Crippen MR) is 160 cm³/mol. The summed E-state index contributed by atoms with van der Waals surface area (Å²) in [6, 6.07) is 14.2. The summed E-state index contributed by atoms with van der Waals surface area (Å²) in [6.45, 7) is 7.90. The van der Waals surface area contributed by atoms with Crippen molar-refractivity contribution >= 4 is 23.8 Å². The van der Waals surface area contributed by atoms with Crippen molar-refractivity contribution < 1.29 is 24.2 Å². The maximum Gasteiger partial charge on any atom is 0.246 e. The minimum Gasteiger partial charge on any atom is -0.492 e. The van der Waals surface area contributed by atoms with E-state index in [0.717, 1.165) is 17.5 Å². The van der Waals surface area contributed by atoms with Crippen LogP contribution in [0, 0.1) is 5.92 Å². The maximum absolute atomic E-state index is 13.8. The molecule has 0 saturated carbocycles. The van der Waals surface area contributed by atoms with Crippen LogP contribution >= 0.6 is 0 Å². The Bertz CT molecular complexity index is 1190. The van der Waals surface area contributed by atoms with Crippen molar-refractivity contribution in [2.45, 2.75) is 64.3 Å². The molecule has 2 aromatic carbocycles. The first-order valence-corrected chi connectivity index (χ1v) is 14.3. The Morgan fingerprint density at radius 3 is 2.41 bits per heavy atom. The van der Waals surface area contributed by atoms with Crippen LogP contribution < -0.4 is 20.7 Å². The molecule has 0 radical (unpaired) electrons. The normalized spacial score (nSPS) is 22.4. The average molecular weight is 565 g/mol. The van der Waals surface area contributed by atoms with Crippen LogP contribution in [0.5, 0.6) is 5.75 Å². The molecule has 4 atom stereocenters. The van der Waals surface area contributed by atoms with Crippen molar-refractivity contribution in [3.05, 3.63) is 71.8 Å². The number of hydrogen-bond donors (Lipinski definition) is 4. The van der Waals surface area contributed by atoms with Crippen LogP contribution in [0.3, 0.4) is 0 Å². The molecular weight excluding hydrogens is 520 g/mol. The zero-order valence-corrected chi connectivity index (χ0v) is 24.7. The standard InChI is InChI=1S/C32H44N4O5/c1-6-22(2)27-31(39)36(5)28(32(3,4)40)30(38)35-25(21-23-13-8-7-9-14-23)29(37)34-18-12-16-24-15-10-11-17-26(24)41-20-19-33-27/h7-17,22,25,27-28,33,40H,6,18-21H2,1-5H3,(H,34,37)(H,35,38)/t22?,25-,27+,28-/m1/s1. The van der Waals surface area contributed by atoms with Crippen LogP contribution in [0.1, 0.15) is 45.2 Å². The number of nitrogens with one attached hydrogen (secondary N) is 3. The molecule has 4 N–H and O–H groups in total. The second-order valence-electron chi connectivity index (χ2n) is 11.1. The third-order valence-corrected chi connectivity index (χ3v) is 7.38. The molecule has 0 aromatic heterocycles. The van der Waals surface area contributed by atoms with Crippen LogP contribution in [0.15, 0.2) is 60.7 Å². The molecule has 0 aliphatic carbocycles. The van der Waals surface area contributed by atoms with E-state index < -0.39 is 29.6 Å². The number of likely N-dealkylation sites (N-methyl/N-ethyl adjacent to an activating group) is 1. The van der Waals surface area contributed by atoms with Crippen molar-refractivity contribution in [1.29, 1.82) is 0 Å². The Balaban J connectivity index is 1.99. The molecule has 222 valence electrons. The number of hydrogen-bond acceptors (Lipinski definition) is 6. The van der Waals surface area contributed by atoms with Crippen LogP contribution in [0.4, 0.5) is 0 Å². The fraction of sp³-hybridized carbons (Fsp3) is 0.469. The van der Waals surface area contributed by atoms with Gasteiger partial charge in [0.25, 0.3) is 0 Å². The molecule has 41 heavy (non-hydrogen) atoms. The molecule has 3 rings (SSSR count). The van der Waals surface area contributed by atoms with Gasteiger partial charge in [-0.1, -0.05) is 81.0 Å². The Morgan fingerprint density at radius 1 is 1.05 bits per heavy atom. The second kappa shape index (κ2) is 14.8. The van der Waals surface area contributed by atoms with Crippen molar-refractivity contribution in [3.63, 3.8) is 0 Å². The first-order valence-electron chi connectivity index (χ1n) is 14.3. The Morgan fingerprint density at radius 2 is 1.73 bits per heavy atom. The van der Waals surface area contributed by atoms with Crippen molar-refractivity contribution in [3.8, 4) is 5.75 Å². The third-order valence-electron chi connectivity index (χ3n) is 7.38. The molecule has 0 spiro atoms. The molecule has 3 amide bonds. The van der Waals surface area contributed by atoms with E-state index in [1.807, 2.05) is 80.6 Å². The van der Waals surface area contributed by atoms with E-state index in [-0.39, 0.29) is 30.7 Å². The molecule has 0 saturated heterocycles. The lowest BCUT2D eigenvalue weighted by molar-refractivity contribution is -0.150. The van der Waals surface area contributed by atoms with E-state index in [4.69, 9.17) is 4.74 Å². The van der Waals surface area contributed by atoms with E-state index in [2.05, 4.69) is 16.0 Å². The number of fused-ring (bicyclic) bond motifs is 1. The Labute approximate surface area is 243 Å². The van der Waals surface area contributed by atoms with E-state index in [1.165, 1.54) is 25.8 Å². The Hall–Kier alpha value is -3.69. The summed E-state index contributed by atoms with van der Waals surface area (Å²) in [4.78, 5) is 42.2. The number of benzene rings is 2. The van der Waals surface area contributed by atoms with Gasteiger partial charge in [0.05, 0.1) is 11.6 Å². The number of amides is 3. The minimum atomic E-state index is -1.58. The van der Waals surface area contributed by atoms with Crippen molar-refractivity contribution in [2.24, 2.45) is 5.92 Å². The summed E-state index contributed by atoms with van der Waals surface area (Å²) in [5.74, 6) is -0.665. The Kier molecular flexibility index (Phi) is 11.5. The number of nitrogens with zero attached hydrogens (tertiary/aromatic N) is 1. The molecule has 0 fully saturated rings. The second-order valence-corrected chi connectivity index (χ2v) is 11.1.